The fourth-order valence-electron chi connectivity index (χ4n) is 5.18. The topological polar surface area (TPSA) is 41.5 Å². The van der Waals surface area contributed by atoms with Crippen LogP contribution in [0.5, 0.6) is 0 Å². The number of fused-ring (bicyclic) bond motifs is 3. The maximum Gasteiger partial charge on any atom is 0.0835 e. The Morgan fingerprint density at radius 3 is 2.96 bits per heavy atom. The third-order valence-corrected chi connectivity index (χ3v) is 6.41. The Labute approximate surface area is 139 Å². The predicted molar refractivity (Wildman–Crippen MR) is 91.8 cm³/mol. The lowest BCUT2D eigenvalue weighted by atomic mass is 9.70. The maximum absolute atomic E-state index is 11.0. The second kappa shape index (κ2) is 6.45. The highest BCUT2D eigenvalue weighted by Gasteiger charge is 2.47. The van der Waals surface area contributed by atoms with Gasteiger partial charge in [0.05, 0.1) is 18.3 Å². The molecule has 0 aromatic heterocycles. The molecule has 6 unspecified atom stereocenters. The zero-order chi connectivity index (χ0) is 15.8. The normalized spacial score (nSPS) is 40.7. The number of rotatable bonds is 3. The number of aliphatic hydroxyl groups excluding tert-OH is 1. The van der Waals surface area contributed by atoms with Gasteiger partial charge in [-0.25, -0.2) is 0 Å². The quantitative estimate of drug-likeness (QED) is 0.785. The average molecular weight is 315 g/mol. The van der Waals surface area contributed by atoms with E-state index in [1.54, 1.807) is 0 Å². The summed E-state index contributed by atoms with van der Waals surface area (Å²) in [5, 5.41) is 14.2. The molecule has 4 rings (SSSR count). The Morgan fingerprint density at radius 2 is 2.09 bits per heavy atom. The van der Waals surface area contributed by atoms with Crippen molar-refractivity contribution in [1.29, 1.82) is 0 Å². The lowest BCUT2D eigenvalue weighted by Crippen LogP contribution is -2.36. The lowest BCUT2D eigenvalue weighted by Gasteiger charge is -2.36. The number of aliphatic hydroxyl groups is 1. The molecule has 0 aromatic carbocycles. The molecule has 0 radical (unpaired) electrons. The molecule has 0 amide bonds. The Morgan fingerprint density at radius 1 is 1.17 bits per heavy atom. The van der Waals surface area contributed by atoms with Crippen molar-refractivity contribution in [2.75, 3.05) is 7.05 Å². The van der Waals surface area contributed by atoms with E-state index in [4.69, 9.17) is 4.74 Å². The third-order valence-electron chi connectivity index (χ3n) is 6.41. The van der Waals surface area contributed by atoms with Gasteiger partial charge in [0.15, 0.2) is 0 Å². The van der Waals surface area contributed by atoms with Crippen LogP contribution in [0.3, 0.4) is 0 Å². The fraction of sp³-hybridized carbons (Fsp3) is 0.700. The maximum atomic E-state index is 11.0. The van der Waals surface area contributed by atoms with E-state index in [1.165, 1.54) is 18.5 Å². The SMILES string of the molecule is CNC1=C(C(O)C2CCC3C(C2)OC2CCC=CC23)C=CCC1. The van der Waals surface area contributed by atoms with Crippen molar-refractivity contribution in [3.63, 3.8) is 0 Å². The fourth-order valence-corrected chi connectivity index (χ4v) is 5.18. The second-order valence-electron chi connectivity index (χ2n) is 7.60. The van der Waals surface area contributed by atoms with Gasteiger partial charge in [-0.15, -0.1) is 0 Å². The van der Waals surface area contributed by atoms with E-state index in [0.29, 0.717) is 30.0 Å². The molecule has 6 atom stereocenters. The molecule has 1 saturated heterocycles. The van der Waals surface area contributed by atoms with E-state index < -0.39 is 0 Å². The van der Waals surface area contributed by atoms with Gasteiger partial charge in [-0.1, -0.05) is 24.3 Å². The standard InChI is InChI=1S/C20H29NO2/c1-21-17-8-4-2-7-16(17)20(22)13-10-11-15-14-6-3-5-9-18(14)23-19(15)12-13/h2-3,6-7,13-15,18-22H,4-5,8-12H2,1H3. The molecule has 3 aliphatic carbocycles. The molecule has 4 aliphatic rings. The number of nitrogens with one attached hydrogen (secondary N) is 1. The highest BCUT2D eigenvalue weighted by atomic mass is 16.5. The van der Waals surface area contributed by atoms with Gasteiger partial charge < -0.3 is 15.2 Å². The summed E-state index contributed by atoms with van der Waals surface area (Å²) >= 11 is 0. The van der Waals surface area contributed by atoms with Gasteiger partial charge in [-0.2, -0.15) is 0 Å². The summed E-state index contributed by atoms with van der Waals surface area (Å²) in [5.74, 6) is 1.65. The van der Waals surface area contributed by atoms with Crippen LogP contribution >= 0.6 is 0 Å². The molecule has 0 spiro atoms. The summed E-state index contributed by atoms with van der Waals surface area (Å²) < 4.78 is 6.38. The van der Waals surface area contributed by atoms with E-state index >= 15 is 0 Å². The number of ether oxygens (including phenoxy) is 1. The van der Waals surface area contributed by atoms with Gasteiger partial charge in [-0.05, 0) is 62.4 Å². The first kappa shape index (κ1) is 15.5. The number of hydrogen-bond acceptors (Lipinski definition) is 3. The lowest BCUT2D eigenvalue weighted by molar-refractivity contribution is -0.0166. The molecule has 0 aromatic rings. The highest BCUT2D eigenvalue weighted by molar-refractivity contribution is 5.32. The van der Waals surface area contributed by atoms with Crippen LogP contribution in [0.15, 0.2) is 35.6 Å². The van der Waals surface area contributed by atoms with Gasteiger partial charge >= 0.3 is 0 Å². The van der Waals surface area contributed by atoms with Crippen molar-refractivity contribution in [3.8, 4) is 0 Å². The van der Waals surface area contributed by atoms with Crippen molar-refractivity contribution >= 4 is 0 Å². The van der Waals surface area contributed by atoms with E-state index in [1.807, 2.05) is 7.05 Å². The minimum absolute atomic E-state index is 0.335. The van der Waals surface area contributed by atoms with E-state index in [-0.39, 0.29) is 6.10 Å². The van der Waals surface area contributed by atoms with Crippen molar-refractivity contribution in [2.24, 2.45) is 17.8 Å². The van der Waals surface area contributed by atoms with Crippen molar-refractivity contribution in [1.82, 2.24) is 5.32 Å². The van der Waals surface area contributed by atoms with Crippen molar-refractivity contribution in [2.45, 2.75) is 63.3 Å². The molecule has 23 heavy (non-hydrogen) atoms. The van der Waals surface area contributed by atoms with Gasteiger partial charge in [-0.3, -0.25) is 0 Å². The molecule has 3 heteroatoms. The Bertz CT molecular complexity index is 536. The first-order valence-corrected chi connectivity index (χ1v) is 9.35. The summed E-state index contributed by atoms with van der Waals surface area (Å²) in [6.45, 7) is 0. The Hall–Kier alpha value is -1.06. The summed E-state index contributed by atoms with van der Waals surface area (Å²) in [4.78, 5) is 0. The zero-order valence-electron chi connectivity index (χ0n) is 14.1. The molecule has 126 valence electrons. The molecular formula is C20H29NO2. The molecular weight excluding hydrogens is 286 g/mol. The monoisotopic (exact) mass is 315 g/mol. The highest BCUT2D eigenvalue weighted by Crippen LogP contribution is 2.48. The molecule has 1 aliphatic heterocycles. The molecule has 0 bridgehead atoms. The van der Waals surface area contributed by atoms with Crippen molar-refractivity contribution in [3.05, 3.63) is 35.6 Å². The molecule has 1 saturated carbocycles. The van der Waals surface area contributed by atoms with Crippen LogP contribution in [0, 0.1) is 17.8 Å². The Kier molecular flexibility index (Phi) is 4.33. The van der Waals surface area contributed by atoms with Gasteiger partial charge in [0.25, 0.3) is 0 Å². The van der Waals surface area contributed by atoms with Crippen LogP contribution in [0.25, 0.3) is 0 Å². The second-order valence-corrected chi connectivity index (χ2v) is 7.60. The van der Waals surface area contributed by atoms with Crippen LogP contribution in [0.2, 0.25) is 0 Å². The van der Waals surface area contributed by atoms with Crippen LogP contribution in [0.1, 0.15) is 44.9 Å². The smallest absolute Gasteiger partial charge is 0.0835 e. The minimum atomic E-state index is -0.350. The molecule has 3 nitrogen and oxygen atoms in total. The summed E-state index contributed by atoms with van der Waals surface area (Å²) in [5.41, 5.74) is 2.32. The summed E-state index contributed by atoms with van der Waals surface area (Å²) in [7, 11) is 1.97. The molecule has 2 fully saturated rings. The number of hydrogen-bond donors (Lipinski definition) is 2. The first-order valence-electron chi connectivity index (χ1n) is 9.35. The van der Waals surface area contributed by atoms with E-state index in [9.17, 15) is 5.11 Å². The van der Waals surface area contributed by atoms with Crippen LogP contribution in [-0.4, -0.2) is 30.5 Å². The van der Waals surface area contributed by atoms with Crippen molar-refractivity contribution < 1.29 is 9.84 Å². The first-order chi connectivity index (χ1) is 11.3. The minimum Gasteiger partial charge on any atom is -0.391 e. The third kappa shape index (κ3) is 2.78. The summed E-state index contributed by atoms with van der Waals surface area (Å²) in [6, 6.07) is 0. The molecule has 2 N–H and O–H groups in total. The van der Waals surface area contributed by atoms with Gasteiger partial charge in [0.2, 0.25) is 0 Å². The van der Waals surface area contributed by atoms with Crippen LogP contribution in [0.4, 0.5) is 0 Å². The van der Waals surface area contributed by atoms with Gasteiger partial charge in [0.1, 0.15) is 0 Å². The van der Waals surface area contributed by atoms with E-state index in [2.05, 4.69) is 29.6 Å². The average Bonchev–Trinajstić information content (AvgIpc) is 2.98. The number of allylic oxidation sites excluding steroid dienone is 3. The van der Waals surface area contributed by atoms with Crippen LogP contribution < -0.4 is 5.32 Å². The van der Waals surface area contributed by atoms with Crippen LogP contribution in [-0.2, 0) is 4.74 Å². The Balaban J connectivity index is 1.47. The van der Waals surface area contributed by atoms with E-state index in [0.717, 1.165) is 37.7 Å². The van der Waals surface area contributed by atoms with Gasteiger partial charge in [0, 0.05) is 18.7 Å². The largest absolute Gasteiger partial charge is 0.391 e. The summed E-state index contributed by atoms with van der Waals surface area (Å²) in [6.07, 6.45) is 17.3. The molecule has 1 heterocycles. The zero-order valence-corrected chi connectivity index (χ0v) is 14.1. The predicted octanol–water partition coefficient (Wildman–Crippen LogP) is 3.32.